The molecule has 4 heteroatoms. The van der Waals surface area contributed by atoms with E-state index >= 15 is 0 Å². The second kappa shape index (κ2) is 4.67. The van der Waals surface area contributed by atoms with Crippen LogP contribution in [0.2, 0.25) is 0 Å². The summed E-state index contributed by atoms with van der Waals surface area (Å²) in [5.74, 6) is 0.0278. The van der Waals surface area contributed by atoms with Crippen LogP contribution in [0.15, 0.2) is 35.5 Å². The van der Waals surface area contributed by atoms with Crippen molar-refractivity contribution in [3.63, 3.8) is 0 Å². The van der Waals surface area contributed by atoms with Crippen LogP contribution in [-0.4, -0.2) is 29.1 Å². The quantitative estimate of drug-likeness (QED) is 0.797. The second-order valence-corrected chi connectivity index (χ2v) is 4.15. The number of hydrogen-bond acceptors (Lipinski definition) is 3. The fourth-order valence-corrected chi connectivity index (χ4v) is 2.03. The Morgan fingerprint density at radius 3 is 2.76 bits per heavy atom. The van der Waals surface area contributed by atoms with Gasteiger partial charge in [-0.1, -0.05) is 6.07 Å². The standard InChI is InChI=1S/C13H16N2O2/c1-9-10(2)13(17-3)15(12(9)16)8-11-6-4-5-7-14-11/h4-7,13H,8H2,1-3H3. The molecule has 0 N–H and O–H groups in total. The van der Waals surface area contributed by atoms with E-state index in [0.29, 0.717) is 6.54 Å². The third kappa shape index (κ3) is 2.08. The minimum atomic E-state index is -0.260. The molecule has 0 radical (unpaired) electrons. The Morgan fingerprint density at radius 2 is 2.18 bits per heavy atom. The molecule has 90 valence electrons. The van der Waals surface area contributed by atoms with Gasteiger partial charge in [-0.25, -0.2) is 0 Å². The highest BCUT2D eigenvalue weighted by Gasteiger charge is 2.34. The van der Waals surface area contributed by atoms with Crippen LogP contribution in [0, 0.1) is 0 Å². The molecule has 2 heterocycles. The first-order chi connectivity index (χ1) is 8.15. The van der Waals surface area contributed by atoms with Crippen molar-refractivity contribution >= 4 is 5.91 Å². The number of amides is 1. The molecule has 17 heavy (non-hydrogen) atoms. The zero-order valence-corrected chi connectivity index (χ0v) is 10.3. The molecule has 0 spiro atoms. The fourth-order valence-electron chi connectivity index (χ4n) is 2.03. The van der Waals surface area contributed by atoms with E-state index in [9.17, 15) is 4.79 Å². The van der Waals surface area contributed by atoms with Crippen LogP contribution in [0.1, 0.15) is 19.5 Å². The Hall–Kier alpha value is -1.68. The number of carbonyl (C=O) groups is 1. The largest absolute Gasteiger partial charge is 0.357 e. The van der Waals surface area contributed by atoms with Crippen molar-refractivity contribution in [2.24, 2.45) is 0 Å². The summed E-state index contributed by atoms with van der Waals surface area (Å²) in [5, 5.41) is 0. The van der Waals surface area contributed by atoms with Gasteiger partial charge in [0.15, 0.2) is 6.23 Å². The van der Waals surface area contributed by atoms with E-state index in [2.05, 4.69) is 4.98 Å². The monoisotopic (exact) mass is 232 g/mol. The van der Waals surface area contributed by atoms with Gasteiger partial charge in [0, 0.05) is 18.9 Å². The topological polar surface area (TPSA) is 42.4 Å². The average Bonchev–Trinajstić information content (AvgIpc) is 2.55. The third-order valence-corrected chi connectivity index (χ3v) is 3.11. The van der Waals surface area contributed by atoms with Crippen LogP contribution < -0.4 is 0 Å². The number of pyridine rings is 1. The number of carbonyl (C=O) groups excluding carboxylic acids is 1. The summed E-state index contributed by atoms with van der Waals surface area (Å²) in [4.78, 5) is 18.0. The molecule has 1 unspecified atom stereocenters. The highest BCUT2D eigenvalue weighted by atomic mass is 16.5. The van der Waals surface area contributed by atoms with E-state index < -0.39 is 0 Å². The average molecular weight is 232 g/mol. The molecule has 4 nitrogen and oxygen atoms in total. The Labute approximate surface area is 101 Å². The van der Waals surface area contributed by atoms with Gasteiger partial charge in [-0.05, 0) is 31.6 Å². The predicted molar refractivity (Wildman–Crippen MR) is 64.0 cm³/mol. The van der Waals surface area contributed by atoms with Gasteiger partial charge in [0.1, 0.15) is 0 Å². The third-order valence-electron chi connectivity index (χ3n) is 3.11. The molecule has 0 aliphatic carbocycles. The van der Waals surface area contributed by atoms with Gasteiger partial charge in [-0.2, -0.15) is 0 Å². The summed E-state index contributed by atoms with van der Waals surface area (Å²) in [7, 11) is 1.62. The van der Waals surface area contributed by atoms with Gasteiger partial charge in [0.2, 0.25) is 0 Å². The molecule has 1 atom stereocenters. The van der Waals surface area contributed by atoms with Crippen LogP contribution in [0.25, 0.3) is 0 Å². The molecule has 1 aliphatic rings. The lowest BCUT2D eigenvalue weighted by atomic mass is 10.2. The molecule has 1 aliphatic heterocycles. The molecule has 1 aromatic rings. The number of ether oxygens (including phenoxy) is 1. The summed E-state index contributed by atoms with van der Waals surface area (Å²) in [6, 6.07) is 5.68. The molecule has 0 fully saturated rings. The van der Waals surface area contributed by atoms with Crippen molar-refractivity contribution in [3.8, 4) is 0 Å². The maximum absolute atomic E-state index is 12.0. The van der Waals surface area contributed by atoms with Crippen LogP contribution in [0.3, 0.4) is 0 Å². The Balaban J connectivity index is 2.20. The van der Waals surface area contributed by atoms with E-state index in [4.69, 9.17) is 4.74 Å². The zero-order chi connectivity index (χ0) is 12.4. The summed E-state index contributed by atoms with van der Waals surface area (Å²) in [5.41, 5.74) is 2.62. The minimum absolute atomic E-state index is 0.0278. The highest BCUT2D eigenvalue weighted by Crippen LogP contribution is 2.26. The van der Waals surface area contributed by atoms with Crippen molar-refractivity contribution in [1.29, 1.82) is 0 Å². The maximum Gasteiger partial charge on any atom is 0.252 e. The van der Waals surface area contributed by atoms with Crippen LogP contribution in [0.4, 0.5) is 0 Å². The first-order valence-corrected chi connectivity index (χ1v) is 5.56. The van der Waals surface area contributed by atoms with E-state index in [1.54, 1.807) is 18.2 Å². The van der Waals surface area contributed by atoms with Gasteiger partial charge in [-0.15, -0.1) is 0 Å². The molecule has 0 saturated carbocycles. The second-order valence-electron chi connectivity index (χ2n) is 4.15. The first-order valence-electron chi connectivity index (χ1n) is 5.56. The molecule has 1 amide bonds. The molecule has 0 bridgehead atoms. The zero-order valence-electron chi connectivity index (χ0n) is 10.3. The lowest BCUT2D eigenvalue weighted by Gasteiger charge is -2.24. The normalized spacial score (nSPS) is 20.3. The molecule has 2 rings (SSSR count). The van der Waals surface area contributed by atoms with E-state index in [1.165, 1.54) is 0 Å². The summed E-state index contributed by atoms with van der Waals surface area (Å²) < 4.78 is 5.37. The number of rotatable bonds is 3. The van der Waals surface area contributed by atoms with Crippen LogP contribution >= 0.6 is 0 Å². The minimum Gasteiger partial charge on any atom is -0.357 e. The molecule has 1 aromatic heterocycles. The Kier molecular flexibility index (Phi) is 3.24. The van der Waals surface area contributed by atoms with Crippen molar-refractivity contribution in [1.82, 2.24) is 9.88 Å². The predicted octanol–water partition coefficient (Wildman–Crippen LogP) is 1.73. The van der Waals surface area contributed by atoms with Crippen molar-refractivity contribution in [3.05, 3.63) is 41.2 Å². The lowest BCUT2D eigenvalue weighted by molar-refractivity contribution is -0.134. The van der Waals surface area contributed by atoms with Gasteiger partial charge in [0.25, 0.3) is 5.91 Å². The van der Waals surface area contributed by atoms with E-state index in [1.807, 2.05) is 32.0 Å². The van der Waals surface area contributed by atoms with Gasteiger partial charge in [-0.3, -0.25) is 9.78 Å². The van der Waals surface area contributed by atoms with Crippen LogP contribution in [0.5, 0.6) is 0 Å². The van der Waals surface area contributed by atoms with Gasteiger partial charge in [0.05, 0.1) is 12.2 Å². The molecular weight excluding hydrogens is 216 g/mol. The molecule has 0 aromatic carbocycles. The number of hydrogen-bond donors (Lipinski definition) is 0. The maximum atomic E-state index is 12.0. The number of methoxy groups -OCH3 is 1. The smallest absolute Gasteiger partial charge is 0.252 e. The summed E-state index contributed by atoms with van der Waals surface area (Å²) in [6.07, 6.45) is 1.47. The Bertz CT molecular complexity index is 454. The van der Waals surface area contributed by atoms with E-state index in [-0.39, 0.29) is 12.1 Å². The number of aromatic nitrogens is 1. The fraction of sp³-hybridized carbons (Fsp3) is 0.385. The lowest BCUT2D eigenvalue weighted by Crippen LogP contribution is -2.36. The summed E-state index contributed by atoms with van der Waals surface area (Å²) >= 11 is 0. The number of nitrogens with zero attached hydrogens (tertiary/aromatic N) is 2. The van der Waals surface area contributed by atoms with Crippen molar-refractivity contribution < 1.29 is 9.53 Å². The van der Waals surface area contributed by atoms with Gasteiger partial charge >= 0.3 is 0 Å². The summed E-state index contributed by atoms with van der Waals surface area (Å²) in [6.45, 7) is 4.24. The SMILES string of the molecule is COC1C(C)=C(C)C(=O)N1Cc1ccccn1. The molecular formula is C13H16N2O2. The van der Waals surface area contributed by atoms with E-state index in [0.717, 1.165) is 16.8 Å². The Morgan fingerprint density at radius 1 is 1.41 bits per heavy atom. The highest BCUT2D eigenvalue weighted by molar-refractivity contribution is 5.96. The van der Waals surface area contributed by atoms with Gasteiger partial charge < -0.3 is 9.64 Å². The first kappa shape index (κ1) is 11.8. The van der Waals surface area contributed by atoms with Crippen molar-refractivity contribution in [2.45, 2.75) is 26.6 Å². The molecule has 0 saturated heterocycles. The van der Waals surface area contributed by atoms with Crippen molar-refractivity contribution in [2.75, 3.05) is 7.11 Å². The van der Waals surface area contributed by atoms with Crippen LogP contribution in [-0.2, 0) is 16.1 Å².